The minimum atomic E-state index is 0.700. The average molecular weight is 311 g/mol. The van der Waals surface area contributed by atoms with Crippen molar-refractivity contribution in [3.05, 3.63) is 16.8 Å². The fraction of sp³-hybridized carbons (Fsp3) is 0.722. The van der Waals surface area contributed by atoms with Gasteiger partial charge in [-0.2, -0.15) is 10.4 Å². The number of hydrogen-bond donors (Lipinski definition) is 0. The molecule has 3 aliphatic rings. The van der Waals surface area contributed by atoms with E-state index < -0.39 is 0 Å². The molecule has 1 aromatic rings. The molecule has 1 aliphatic heterocycles. The molecule has 1 saturated heterocycles. The molecule has 0 N–H and O–H groups in total. The van der Waals surface area contributed by atoms with Crippen LogP contribution in [0.25, 0.3) is 0 Å². The van der Waals surface area contributed by atoms with Gasteiger partial charge in [-0.1, -0.05) is 6.42 Å². The predicted molar refractivity (Wildman–Crippen MR) is 89.2 cm³/mol. The van der Waals surface area contributed by atoms with Crippen molar-refractivity contribution < 1.29 is 0 Å². The van der Waals surface area contributed by atoms with E-state index in [-0.39, 0.29) is 0 Å². The van der Waals surface area contributed by atoms with Crippen LogP contribution in [0.3, 0.4) is 0 Å². The second-order valence-electron chi connectivity index (χ2n) is 7.49. The fourth-order valence-corrected chi connectivity index (χ4v) is 4.87. The van der Waals surface area contributed by atoms with Gasteiger partial charge in [0.25, 0.3) is 0 Å². The largest absolute Gasteiger partial charge is 0.351 e. The van der Waals surface area contributed by atoms with Crippen LogP contribution in [0, 0.1) is 37.0 Å². The van der Waals surface area contributed by atoms with E-state index in [1.54, 1.807) is 0 Å². The van der Waals surface area contributed by atoms with Crippen molar-refractivity contribution in [1.29, 1.82) is 5.26 Å². The molecule has 3 fully saturated rings. The van der Waals surface area contributed by atoms with Crippen LogP contribution < -0.4 is 4.90 Å². The summed E-state index contributed by atoms with van der Waals surface area (Å²) in [5.74, 6) is 2.73. The number of piperazine rings is 1. The summed E-state index contributed by atoms with van der Waals surface area (Å²) >= 11 is 0. The van der Waals surface area contributed by atoms with Crippen LogP contribution in [-0.2, 0) is 0 Å². The zero-order valence-electron chi connectivity index (χ0n) is 14.1. The van der Waals surface area contributed by atoms with E-state index >= 15 is 0 Å². The highest BCUT2D eigenvalue weighted by atomic mass is 15.3. The van der Waals surface area contributed by atoms with Crippen molar-refractivity contribution in [1.82, 2.24) is 15.1 Å². The first-order chi connectivity index (χ1) is 11.2. The van der Waals surface area contributed by atoms with Gasteiger partial charge >= 0.3 is 0 Å². The van der Waals surface area contributed by atoms with E-state index in [2.05, 4.69) is 26.1 Å². The zero-order valence-corrected chi connectivity index (χ0v) is 14.1. The Hall–Kier alpha value is -1.67. The Balaban J connectivity index is 1.46. The molecule has 2 heterocycles. The maximum Gasteiger partial charge on any atom is 0.169 e. The summed E-state index contributed by atoms with van der Waals surface area (Å²) in [7, 11) is 0. The molecule has 122 valence electrons. The summed E-state index contributed by atoms with van der Waals surface area (Å²) < 4.78 is 0. The second kappa shape index (κ2) is 5.76. The summed E-state index contributed by atoms with van der Waals surface area (Å²) in [6, 6.07) is 3.15. The van der Waals surface area contributed by atoms with Crippen LogP contribution in [0.15, 0.2) is 0 Å². The number of aromatic nitrogens is 2. The highest BCUT2D eigenvalue weighted by molar-refractivity contribution is 5.57. The van der Waals surface area contributed by atoms with E-state index in [1.807, 2.05) is 13.8 Å². The Morgan fingerprint density at radius 1 is 1.04 bits per heavy atom. The number of anilines is 1. The lowest BCUT2D eigenvalue weighted by Crippen LogP contribution is -2.52. The van der Waals surface area contributed by atoms with Crippen LogP contribution in [0.2, 0.25) is 0 Å². The van der Waals surface area contributed by atoms with Crippen molar-refractivity contribution in [2.24, 2.45) is 11.8 Å². The third-order valence-corrected chi connectivity index (χ3v) is 6.33. The van der Waals surface area contributed by atoms with Gasteiger partial charge in [0, 0.05) is 32.2 Å². The smallest absolute Gasteiger partial charge is 0.169 e. The highest BCUT2D eigenvalue weighted by Gasteiger charge is 2.42. The first-order valence-electron chi connectivity index (χ1n) is 8.90. The number of nitriles is 1. The molecular formula is C18H25N5. The van der Waals surface area contributed by atoms with Crippen LogP contribution >= 0.6 is 0 Å². The number of fused-ring (bicyclic) bond motifs is 2. The lowest BCUT2D eigenvalue weighted by atomic mass is 9.93. The minimum Gasteiger partial charge on any atom is -0.351 e. The first-order valence-corrected chi connectivity index (χ1v) is 8.90. The molecule has 5 nitrogen and oxygen atoms in total. The number of nitrogens with zero attached hydrogens (tertiary/aromatic N) is 5. The van der Waals surface area contributed by atoms with E-state index in [4.69, 9.17) is 0 Å². The van der Waals surface area contributed by atoms with Gasteiger partial charge < -0.3 is 4.90 Å². The van der Waals surface area contributed by atoms with Gasteiger partial charge in [-0.25, -0.2) is 0 Å². The normalized spacial score (nSPS) is 30.7. The van der Waals surface area contributed by atoms with E-state index in [9.17, 15) is 5.26 Å². The maximum atomic E-state index is 9.50. The Bertz CT molecular complexity index is 642. The number of aryl methyl sites for hydroxylation is 1. The van der Waals surface area contributed by atoms with Gasteiger partial charge in [-0.3, -0.25) is 4.90 Å². The predicted octanol–water partition coefficient (Wildman–Crippen LogP) is 2.28. The summed E-state index contributed by atoms with van der Waals surface area (Å²) in [6.07, 6.45) is 5.78. The first kappa shape index (κ1) is 14.9. The summed E-state index contributed by atoms with van der Waals surface area (Å²) in [4.78, 5) is 4.95. The van der Waals surface area contributed by atoms with E-state index in [0.717, 1.165) is 61.1 Å². The molecule has 1 aromatic heterocycles. The van der Waals surface area contributed by atoms with Crippen molar-refractivity contribution in [2.75, 3.05) is 31.1 Å². The molecule has 2 bridgehead atoms. The van der Waals surface area contributed by atoms with Gasteiger partial charge in [-0.05, 0) is 50.5 Å². The average Bonchev–Trinajstić information content (AvgIpc) is 3.20. The van der Waals surface area contributed by atoms with Crippen LogP contribution in [-0.4, -0.2) is 47.3 Å². The summed E-state index contributed by atoms with van der Waals surface area (Å²) in [5, 5.41) is 18.1. The molecule has 2 aliphatic carbocycles. The molecule has 2 saturated carbocycles. The lowest BCUT2D eigenvalue weighted by Gasteiger charge is -2.41. The standard InChI is InChI=1S/C18H25N5/c1-12-13(2)20-21-18(16(12)11-19)23-7-5-22(6-8-23)17-10-14-3-4-15(17)9-14/h14-15,17H,3-10H2,1-2H3. The molecule has 5 heteroatoms. The van der Waals surface area contributed by atoms with E-state index in [1.165, 1.54) is 25.7 Å². The molecule has 0 radical (unpaired) electrons. The molecule has 4 rings (SSSR count). The van der Waals surface area contributed by atoms with Crippen LogP contribution in [0.4, 0.5) is 5.82 Å². The topological polar surface area (TPSA) is 56.1 Å². The molecule has 0 spiro atoms. The third kappa shape index (κ3) is 2.49. The quantitative estimate of drug-likeness (QED) is 0.838. The van der Waals surface area contributed by atoms with Crippen molar-refractivity contribution >= 4 is 5.82 Å². The minimum absolute atomic E-state index is 0.700. The van der Waals surface area contributed by atoms with Gasteiger partial charge in [0.05, 0.1) is 5.69 Å². The molecule has 0 amide bonds. The SMILES string of the molecule is Cc1nnc(N2CCN(C3CC4CCC3C4)CC2)c(C#N)c1C. The highest BCUT2D eigenvalue weighted by Crippen LogP contribution is 2.46. The fourth-order valence-electron chi connectivity index (χ4n) is 4.87. The van der Waals surface area contributed by atoms with E-state index in [0.29, 0.717) is 5.56 Å². The van der Waals surface area contributed by atoms with Crippen molar-refractivity contribution in [2.45, 2.75) is 45.6 Å². The molecule has 3 unspecified atom stereocenters. The van der Waals surface area contributed by atoms with Gasteiger partial charge in [0.15, 0.2) is 5.82 Å². The molecular weight excluding hydrogens is 286 g/mol. The number of rotatable bonds is 2. The second-order valence-corrected chi connectivity index (χ2v) is 7.49. The third-order valence-electron chi connectivity index (χ3n) is 6.33. The van der Waals surface area contributed by atoms with Gasteiger partial charge in [-0.15, -0.1) is 5.10 Å². The summed E-state index contributed by atoms with van der Waals surface area (Å²) in [6.45, 7) is 7.98. The monoisotopic (exact) mass is 311 g/mol. The van der Waals surface area contributed by atoms with Crippen LogP contribution in [0.1, 0.15) is 42.5 Å². The van der Waals surface area contributed by atoms with Gasteiger partial charge in [0.2, 0.25) is 0 Å². The molecule has 0 aromatic carbocycles. The van der Waals surface area contributed by atoms with Crippen molar-refractivity contribution in [3.63, 3.8) is 0 Å². The Labute approximate surface area is 138 Å². The Kier molecular flexibility index (Phi) is 3.73. The Morgan fingerprint density at radius 3 is 2.43 bits per heavy atom. The van der Waals surface area contributed by atoms with Gasteiger partial charge in [0.1, 0.15) is 11.6 Å². The zero-order chi connectivity index (χ0) is 16.0. The van der Waals surface area contributed by atoms with Crippen molar-refractivity contribution in [3.8, 4) is 6.07 Å². The molecule has 3 atom stereocenters. The summed E-state index contributed by atoms with van der Waals surface area (Å²) in [5.41, 5.74) is 2.52. The Morgan fingerprint density at radius 2 is 1.83 bits per heavy atom. The number of hydrogen-bond acceptors (Lipinski definition) is 5. The molecule has 23 heavy (non-hydrogen) atoms. The lowest BCUT2D eigenvalue weighted by molar-refractivity contribution is 0.134. The maximum absolute atomic E-state index is 9.50. The van der Waals surface area contributed by atoms with Crippen LogP contribution in [0.5, 0.6) is 0 Å².